The Balaban J connectivity index is 2.32. The number of primary amides is 1. The molecule has 98 valence electrons. The third-order valence-corrected chi connectivity index (χ3v) is 3.23. The lowest BCUT2D eigenvalue weighted by atomic mass is 10.1. The van der Waals surface area contributed by atoms with Crippen LogP contribution >= 0.6 is 0 Å². The quantitative estimate of drug-likeness (QED) is 0.740. The Bertz CT molecular complexity index is 469. The first kappa shape index (κ1) is 12.6. The van der Waals surface area contributed by atoms with E-state index in [0.717, 1.165) is 32.2 Å². The molecule has 1 fully saturated rings. The molecule has 1 heterocycles. The van der Waals surface area contributed by atoms with Crippen LogP contribution < -0.4 is 16.4 Å². The minimum Gasteiger partial charge on any atom is -0.398 e. The summed E-state index contributed by atoms with van der Waals surface area (Å²) in [4.78, 5) is 15.3. The first-order valence-corrected chi connectivity index (χ1v) is 5.81. The number of amides is 1. The average molecular weight is 252 g/mol. The molecular formula is C12H17FN4O. The van der Waals surface area contributed by atoms with Gasteiger partial charge in [-0.2, -0.15) is 0 Å². The number of carbonyl (C=O) groups is 1. The van der Waals surface area contributed by atoms with Gasteiger partial charge in [0.1, 0.15) is 5.82 Å². The number of benzene rings is 1. The molecule has 1 aromatic carbocycles. The van der Waals surface area contributed by atoms with Gasteiger partial charge in [-0.25, -0.2) is 4.39 Å². The van der Waals surface area contributed by atoms with Crippen molar-refractivity contribution in [3.8, 4) is 0 Å². The van der Waals surface area contributed by atoms with E-state index in [1.165, 1.54) is 6.07 Å². The molecule has 1 saturated heterocycles. The third kappa shape index (κ3) is 2.38. The molecule has 2 rings (SSSR count). The summed E-state index contributed by atoms with van der Waals surface area (Å²) >= 11 is 0. The molecule has 1 aliphatic rings. The zero-order chi connectivity index (χ0) is 13.3. The minimum atomic E-state index is -0.636. The van der Waals surface area contributed by atoms with E-state index in [1.54, 1.807) is 0 Å². The highest BCUT2D eigenvalue weighted by atomic mass is 19.1. The van der Waals surface area contributed by atoms with Gasteiger partial charge in [0.25, 0.3) is 5.91 Å². The summed E-state index contributed by atoms with van der Waals surface area (Å²) in [5, 5.41) is 0. The molecule has 6 heteroatoms. The number of nitrogens with zero attached hydrogens (tertiary/aromatic N) is 2. The number of likely N-dealkylation sites (N-methyl/N-ethyl adjacent to an activating group) is 1. The van der Waals surface area contributed by atoms with Crippen LogP contribution in [0.5, 0.6) is 0 Å². The highest BCUT2D eigenvalue weighted by Crippen LogP contribution is 2.26. The fourth-order valence-electron chi connectivity index (χ4n) is 2.08. The van der Waals surface area contributed by atoms with Gasteiger partial charge >= 0.3 is 0 Å². The summed E-state index contributed by atoms with van der Waals surface area (Å²) in [7, 11) is 2.02. The lowest BCUT2D eigenvalue weighted by Gasteiger charge is -2.34. The largest absolute Gasteiger partial charge is 0.398 e. The Morgan fingerprint density at radius 1 is 1.28 bits per heavy atom. The number of piperazine rings is 1. The Kier molecular flexibility index (Phi) is 3.38. The van der Waals surface area contributed by atoms with Gasteiger partial charge in [0.15, 0.2) is 0 Å². The van der Waals surface area contributed by atoms with Gasteiger partial charge in [-0.05, 0) is 19.2 Å². The van der Waals surface area contributed by atoms with Crippen LogP contribution in [-0.4, -0.2) is 44.0 Å². The van der Waals surface area contributed by atoms with E-state index >= 15 is 0 Å². The van der Waals surface area contributed by atoms with Crippen molar-refractivity contribution < 1.29 is 9.18 Å². The maximum Gasteiger partial charge on any atom is 0.250 e. The number of anilines is 2. The summed E-state index contributed by atoms with van der Waals surface area (Å²) in [5.74, 6) is -1.05. The molecule has 18 heavy (non-hydrogen) atoms. The van der Waals surface area contributed by atoms with Gasteiger partial charge in [-0.3, -0.25) is 4.79 Å². The van der Waals surface area contributed by atoms with Gasteiger partial charge in [0.2, 0.25) is 0 Å². The predicted molar refractivity (Wildman–Crippen MR) is 69.0 cm³/mol. The first-order chi connectivity index (χ1) is 8.49. The van der Waals surface area contributed by atoms with Crippen LogP contribution in [0.3, 0.4) is 0 Å². The molecule has 0 atom stereocenters. The van der Waals surface area contributed by atoms with E-state index in [0.29, 0.717) is 5.69 Å². The van der Waals surface area contributed by atoms with Gasteiger partial charge in [0.05, 0.1) is 11.3 Å². The zero-order valence-electron chi connectivity index (χ0n) is 10.3. The summed E-state index contributed by atoms with van der Waals surface area (Å²) in [6.45, 7) is 3.15. The number of hydrogen-bond acceptors (Lipinski definition) is 4. The number of rotatable bonds is 2. The van der Waals surface area contributed by atoms with Crippen LogP contribution in [0.4, 0.5) is 15.8 Å². The lowest BCUT2D eigenvalue weighted by molar-refractivity contribution is 0.100. The fraction of sp³-hybridized carbons (Fsp3) is 0.417. The molecule has 5 nitrogen and oxygen atoms in total. The van der Waals surface area contributed by atoms with Crippen molar-refractivity contribution in [2.45, 2.75) is 0 Å². The molecule has 0 spiro atoms. The van der Waals surface area contributed by atoms with E-state index in [1.807, 2.05) is 11.9 Å². The van der Waals surface area contributed by atoms with E-state index in [-0.39, 0.29) is 11.3 Å². The van der Waals surface area contributed by atoms with Crippen LogP contribution in [0.1, 0.15) is 10.4 Å². The molecule has 1 aromatic rings. The topological polar surface area (TPSA) is 75.6 Å². The van der Waals surface area contributed by atoms with Crippen LogP contribution in [0.25, 0.3) is 0 Å². The Morgan fingerprint density at radius 3 is 2.44 bits per heavy atom. The SMILES string of the molecule is CN1CCN(c2cc(C(N)=O)c(N)cc2F)CC1. The van der Waals surface area contributed by atoms with E-state index in [9.17, 15) is 9.18 Å². The number of halogens is 1. The first-order valence-electron chi connectivity index (χ1n) is 5.81. The maximum absolute atomic E-state index is 13.9. The van der Waals surface area contributed by atoms with Crippen LogP contribution in [-0.2, 0) is 0 Å². The molecule has 4 N–H and O–H groups in total. The summed E-state index contributed by atoms with van der Waals surface area (Å²) in [5.41, 5.74) is 11.4. The van der Waals surface area contributed by atoms with E-state index in [2.05, 4.69) is 4.90 Å². The van der Waals surface area contributed by atoms with Crippen molar-refractivity contribution in [3.05, 3.63) is 23.5 Å². The van der Waals surface area contributed by atoms with Gasteiger partial charge in [0, 0.05) is 31.9 Å². The van der Waals surface area contributed by atoms with Crippen molar-refractivity contribution in [2.75, 3.05) is 43.9 Å². The predicted octanol–water partition coefficient (Wildman–Crippen LogP) is 0.259. The molecule has 0 aliphatic carbocycles. The zero-order valence-corrected chi connectivity index (χ0v) is 10.3. The number of carbonyl (C=O) groups excluding carboxylic acids is 1. The second-order valence-electron chi connectivity index (χ2n) is 4.55. The number of nitrogen functional groups attached to an aromatic ring is 1. The maximum atomic E-state index is 13.9. The van der Waals surface area contributed by atoms with Gasteiger partial charge in [-0.15, -0.1) is 0 Å². The smallest absolute Gasteiger partial charge is 0.250 e. The number of hydrogen-bond donors (Lipinski definition) is 2. The average Bonchev–Trinajstić information content (AvgIpc) is 2.30. The molecule has 0 saturated carbocycles. The van der Waals surface area contributed by atoms with E-state index < -0.39 is 11.7 Å². The third-order valence-electron chi connectivity index (χ3n) is 3.23. The summed E-state index contributed by atoms with van der Waals surface area (Å²) < 4.78 is 13.9. The minimum absolute atomic E-state index is 0.0814. The van der Waals surface area contributed by atoms with Gasteiger partial charge in [-0.1, -0.05) is 0 Å². The van der Waals surface area contributed by atoms with Crippen LogP contribution in [0, 0.1) is 5.82 Å². The molecule has 1 aliphatic heterocycles. The highest BCUT2D eigenvalue weighted by Gasteiger charge is 2.20. The Hall–Kier alpha value is -1.82. The normalized spacial score (nSPS) is 16.9. The van der Waals surface area contributed by atoms with E-state index in [4.69, 9.17) is 11.5 Å². The van der Waals surface area contributed by atoms with Crippen molar-refractivity contribution in [2.24, 2.45) is 5.73 Å². The van der Waals surface area contributed by atoms with Crippen LogP contribution in [0.15, 0.2) is 12.1 Å². The second-order valence-corrected chi connectivity index (χ2v) is 4.55. The molecule has 0 bridgehead atoms. The monoisotopic (exact) mass is 252 g/mol. The number of nitrogens with two attached hydrogens (primary N) is 2. The Labute approximate surface area is 105 Å². The van der Waals surface area contributed by atoms with Crippen LogP contribution in [0.2, 0.25) is 0 Å². The van der Waals surface area contributed by atoms with Crippen molar-refractivity contribution in [1.82, 2.24) is 4.90 Å². The Morgan fingerprint density at radius 2 is 1.89 bits per heavy atom. The summed E-state index contributed by atoms with van der Waals surface area (Å²) in [6, 6.07) is 2.60. The highest BCUT2D eigenvalue weighted by molar-refractivity contribution is 5.99. The molecule has 0 unspecified atom stereocenters. The molecular weight excluding hydrogens is 235 g/mol. The molecule has 1 amide bonds. The summed E-state index contributed by atoms with van der Waals surface area (Å²) in [6.07, 6.45) is 0. The van der Waals surface area contributed by atoms with Crippen molar-refractivity contribution in [1.29, 1.82) is 0 Å². The van der Waals surface area contributed by atoms with Gasteiger partial charge < -0.3 is 21.3 Å². The second kappa shape index (κ2) is 4.81. The fourth-order valence-corrected chi connectivity index (χ4v) is 2.08. The lowest BCUT2D eigenvalue weighted by Crippen LogP contribution is -2.44. The molecule has 0 aromatic heterocycles. The van der Waals surface area contributed by atoms with Crippen molar-refractivity contribution in [3.63, 3.8) is 0 Å². The standard InChI is InChI=1S/C12H17FN4O/c1-16-2-4-17(5-3-16)11-6-8(12(15)18)10(14)7-9(11)13/h6-7H,2-5,14H2,1H3,(H2,15,18). The van der Waals surface area contributed by atoms with Crippen molar-refractivity contribution >= 4 is 17.3 Å². The molecule has 0 radical (unpaired) electrons.